The van der Waals surface area contributed by atoms with Gasteiger partial charge in [-0.3, -0.25) is 0 Å². The van der Waals surface area contributed by atoms with Crippen LogP contribution >= 0.6 is 0 Å². The van der Waals surface area contributed by atoms with Crippen molar-refractivity contribution in [2.24, 2.45) is 0 Å². The van der Waals surface area contributed by atoms with E-state index < -0.39 is 31.1 Å². The molecule has 1 aliphatic heterocycles. The average molecular weight is 345 g/mol. The van der Waals surface area contributed by atoms with Crippen molar-refractivity contribution in [3.8, 4) is 0 Å². The number of rotatable bonds is 2. The van der Waals surface area contributed by atoms with Gasteiger partial charge in [-0.15, -0.1) is 0 Å². The Hall–Kier alpha value is -1.29. The SMILES string of the molecule is Nc1nc([Se])c2ncn(C3OC(CO)C(O)C3O)c2n1. The standard InChI is InChI=1S/C10H12N5O4Se/c11-10-13-7-4(8(20)14-10)12-2-15(7)9-6(18)5(17)3(1-16)19-9/h2-3,5-6,9,16-18H,1H2,(H2,11,13,14). The Balaban J connectivity index is 2.07. The van der Waals surface area contributed by atoms with Crippen LogP contribution in [0.3, 0.4) is 0 Å². The number of fused-ring (bicyclic) bond motifs is 1. The molecule has 107 valence electrons. The molecule has 20 heavy (non-hydrogen) atoms. The zero-order valence-electron chi connectivity index (χ0n) is 10.1. The van der Waals surface area contributed by atoms with Gasteiger partial charge in [0.2, 0.25) is 0 Å². The van der Waals surface area contributed by atoms with Crippen molar-refractivity contribution in [1.82, 2.24) is 19.5 Å². The summed E-state index contributed by atoms with van der Waals surface area (Å²) in [5.74, 6) is 0.0553. The van der Waals surface area contributed by atoms with E-state index in [0.717, 1.165) is 0 Å². The molecular formula is C10H12N5O4Se. The monoisotopic (exact) mass is 346 g/mol. The Bertz CT molecular complexity index is 650. The second-order valence-electron chi connectivity index (χ2n) is 4.44. The molecule has 0 aromatic carbocycles. The topological polar surface area (TPSA) is 140 Å². The fourth-order valence-corrected chi connectivity index (χ4v) is 2.70. The van der Waals surface area contributed by atoms with E-state index in [2.05, 4.69) is 31.0 Å². The van der Waals surface area contributed by atoms with Gasteiger partial charge in [-0.1, -0.05) is 0 Å². The first-order valence-electron chi connectivity index (χ1n) is 5.82. The maximum atomic E-state index is 10.0. The van der Waals surface area contributed by atoms with Crippen molar-refractivity contribution in [3.63, 3.8) is 0 Å². The molecule has 0 amide bonds. The number of imidazole rings is 1. The summed E-state index contributed by atoms with van der Waals surface area (Å²) in [6.07, 6.45) is -2.74. The molecule has 0 spiro atoms. The van der Waals surface area contributed by atoms with E-state index >= 15 is 0 Å². The van der Waals surface area contributed by atoms with Crippen LogP contribution in [0.1, 0.15) is 6.23 Å². The Morgan fingerprint density at radius 2 is 2.10 bits per heavy atom. The van der Waals surface area contributed by atoms with Crippen LogP contribution in [0.15, 0.2) is 6.33 Å². The Morgan fingerprint density at radius 1 is 1.35 bits per heavy atom. The zero-order chi connectivity index (χ0) is 14.4. The summed E-state index contributed by atoms with van der Waals surface area (Å²) >= 11 is 2.73. The van der Waals surface area contributed by atoms with Crippen molar-refractivity contribution in [3.05, 3.63) is 6.33 Å². The van der Waals surface area contributed by atoms with Crippen LogP contribution in [0.25, 0.3) is 11.2 Å². The van der Waals surface area contributed by atoms with Gasteiger partial charge >= 0.3 is 121 Å². The zero-order valence-corrected chi connectivity index (χ0v) is 11.8. The van der Waals surface area contributed by atoms with Gasteiger partial charge in [-0.25, -0.2) is 0 Å². The summed E-state index contributed by atoms with van der Waals surface area (Å²) in [6, 6.07) is 0. The summed E-state index contributed by atoms with van der Waals surface area (Å²) in [6.45, 7) is -0.398. The Morgan fingerprint density at radius 3 is 2.75 bits per heavy atom. The second-order valence-corrected chi connectivity index (χ2v) is 5.25. The second kappa shape index (κ2) is 4.92. The summed E-state index contributed by atoms with van der Waals surface area (Å²) in [5, 5.41) is 28.9. The number of aliphatic hydroxyl groups excluding tert-OH is 3. The van der Waals surface area contributed by atoms with E-state index in [9.17, 15) is 10.2 Å². The van der Waals surface area contributed by atoms with Gasteiger partial charge in [0.1, 0.15) is 0 Å². The molecule has 4 atom stereocenters. The van der Waals surface area contributed by atoms with Gasteiger partial charge in [0.05, 0.1) is 0 Å². The van der Waals surface area contributed by atoms with Gasteiger partial charge in [0.25, 0.3) is 0 Å². The van der Waals surface area contributed by atoms with Crippen LogP contribution in [0, 0.1) is 0 Å². The summed E-state index contributed by atoms with van der Waals surface area (Å²) in [5.41, 5.74) is 6.45. The van der Waals surface area contributed by atoms with Crippen LogP contribution in [0.2, 0.25) is 0 Å². The van der Waals surface area contributed by atoms with Gasteiger partial charge in [0.15, 0.2) is 0 Å². The molecule has 0 saturated carbocycles. The third-order valence-electron chi connectivity index (χ3n) is 3.20. The van der Waals surface area contributed by atoms with Crippen LogP contribution < -0.4 is 10.3 Å². The van der Waals surface area contributed by atoms with Crippen molar-refractivity contribution >= 4 is 37.7 Å². The minimum absolute atomic E-state index is 0.0553. The van der Waals surface area contributed by atoms with Crippen molar-refractivity contribution < 1.29 is 20.1 Å². The summed E-state index contributed by atoms with van der Waals surface area (Å²) in [4.78, 5) is 12.1. The molecule has 2 aromatic rings. The maximum absolute atomic E-state index is 10.0. The normalized spacial score (nSPS) is 30.1. The number of nitrogen functional groups attached to an aromatic ring is 1. The quantitative estimate of drug-likeness (QED) is 0.418. The number of ether oxygens (including phenoxy) is 1. The molecule has 1 saturated heterocycles. The number of nitrogens with zero attached hydrogens (tertiary/aromatic N) is 4. The third kappa shape index (κ3) is 1.97. The van der Waals surface area contributed by atoms with E-state index in [0.29, 0.717) is 15.8 Å². The average Bonchev–Trinajstić information content (AvgIpc) is 2.93. The molecule has 2 aromatic heterocycles. The molecular weight excluding hydrogens is 333 g/mol. The molecule has 3 heterocycles. The number of hydrogen-bond acceptors (Lipinski definition) is 8. The molecule has 9 nitrogen and oxygen atoms in total. The molecule has 0 bridgehead atoms. The van der Waals surface area contributed by atoms with Crippen molar-refractivity contribution in [1.29, 1.82) is 0 Å². The third-order valence-corrected chi connectivity index (χ3v) is 3.80. The Labute approximate surface area is 121 Å². The predicted octanol–water partition coefficient (Wildman–Crippen LogP) is -3.19. The van der Waals surface area contributed by atoms with E-state index in [1.807, 2.05) is 0 Å². The number of aromatic nitrogens is 4. The fourth-order valence-electron chi connectivity index (χ4n) is 2.20. The first-order chi connectivity index (χ1) is 9.52. The van der Waals surface area contributed by atoms with E-state index in [-0.39, 0.29) is 5.95 Å². The summed E-state index contributed by atoms with van der Waals surface area (Å²) in [7, 11) is 0. The molecule has 3 rings (SSSR count). The molecule has 4 unspecified atom stereocenters. The number of hydrogen-bond donors (Lipinski definition) is 4. The number of nitrogens with two attached hydrogens (primary N) is 1. The van der Waals surface area contributed by atoms with Gasteiger partial charge in [-0.2, -0.15) is 0 Å². The van der Waals surface area contributed by atoms with E-state index in [4.69, 9.17) is 15.6 Å². The van der Waals surface area contributed by atoms with Gasteiger partial charge in [-0.05, 0) is 0 Å². The molecule has 5 N–H and O–H groups in total. The number of anilines is 1. The first kappa shape index (κ1) is 13.7. The molecule has 10 heteroatoms. The molecule has 1 radical (unpaired) electrons. The van der Waals surface area contributed by atoms with Crippen LogP contribution in [-0.2, 0) is 4.74 Å². The molecule has 1 fully saturated rings. The summed E-state index contributed by atoms with van der Waals surface area (Å²) < 4.78 is 7.37. The fraction of sp³-hybridized carbons (Fsp3) is 0.500. The van der Waals surface area contributed by atoms with Gasteiger partial charge < -0.3 is 0 Å². The number of aliphatic hydroxyl groups is 3. The van der Waals surface area contributed by atoms with Crippen molar-refractivity contribution in [2.45, 2.75) is 24.5 Å². The molecule has 0 aliphatic carbocycles. The van der Waals surface area contributed by atoms with Crippen molar-refractivity contribution in [2.75, 3.05) is 12.3 Å². The molecule has 1 aliphatic rings. The van der Waals surface area contributed by atoms with Gasteiger partial charge in [0, 0.05) is 0 Å². The Kier molecular flexibility index (Phi) is 3.36. The van der Waals surface area contributed by atoms with Crippen LogP contribution in [0.4, 0.5) is 5.95 Å². The van der Waals surface area contributed by atoms with E-state index in [1.54, 1.807) is 0 Å². The van der Waals surface area contributed by atoms with Crippen LogP contribution in [0.5, 0.6) is 0 Å². The first-order valence-corrected chi connectivity index (χ1v) is 6.68. The predicted molar refractivity (Wildman–Crippen MR) is 68.1 cm³/mol. The minimum atomic E-state index is -1.20. The van der Waals surface area contributed by atoms with E-state index in [1.165, 1.54) is 10.9 Å². The van der Waals surface area contributed by atoms with Crippen LogP contribution in [-0.4, -0.2) is 75.8 Å².